The van der Waals surface area contributed by atoms with Crippen LogP contribution in [0.5, 0.6) is 0 Å². The standard InChI is InChI=1S/C20H23N3O3S/c1-27(25,26)23-12-15-5-3-2-4-13(15)11-19(23)20(24)22-18-9-6-14-10-16(21)7-8-17(14)18/h2-5,7-8,10,18-19H,6,9,11-12,21H2,1H3,(H,22,24). The van der Waals surface area contributed by atoms with E-state index < -0.39 is 16.1 Å². The Morgan fingerprint density at radius 2 is 1.89 bits per heavy atom. The zero-order valence-corrected chi connectivity index (χ0v) is 16.0. The molecule has 0 saturated carbocycles. The maximum Gasteiger partial charge on any atom is 0.239 e. The normalized spacial score (nSPS) is 22.1. The van der Waals surface area contributed by atoms with E-state index in [1.54, 1.807) is 0 Å². The summed E-state index contributed by atoms with van der Waals surface area (Å²) in [5.41, 5.74) is 10.8. The zero-order chi connectivity index (χ0) is 19.2. The maximum atomic E-state index is 13.1. The van der Waals surface area contributed by atoms with Crippen molar-refractivity contribution in [3.8, 4) is 0 Å². The molecule has 27 heavy (non-hydrogen) atoms. The van der Waals surface area contributed by atoms with Gasteiger partial charge in [0.25, 0.3) is 0 Å². The van der Waals surface area contributed by atoms with Crippen molar-refractivity contribution < 1.29 is 13.2 Å². The van der Waals surface area contributed by atoms with Crippen LogP contribution in [0.25, 0.3) is 0 Å². The molecule has 0 spiro atoms. The molecule has 1 heterocycles. The Balaban J connectivity index is 1.59. The molecule has 2 atom stereocenters. The maximum absolute atomic E-state index is 13.1. The summed E-state index contributed by atoms with van der Waals surface area (Å²) >= 11 is 0. The van der Waals surface area contributed by atoms with E-state index in [2.05, 4.69) is 5.32 Å². The fourth-order valence-electron chi connectivity index (χ4n) is 4.13. The first-order valence-corrected chi connectivity index (χ1v) is 10.9. The second-order valence-electron chi connectivity index (χ2n) is 7.35. The summed E-state index contributed by atoms with van der Waals surface area (Å²) < 4.78 is 25.9. The topological polar surface area (TPSA) is 92.5 Å². The zero-order valence-electron chi connectivity index (χ0n) is 15.2. The first-order valence-electron chi connectivity index (χ1n) is 9.05. The van der Waals surface area contributed by atoms with Crippen molar-refractivity contribution in [3.05, 3.63) is 64.7 Å². The van der Waals surface area contributed by atoms with Gasteiger partial charge in [0.1, 0.15) is 6.04 Å². The van der Waals surface area contributed by atoms with Crippen LogP contribution in [0, 0.1) is 0 Å². The first-order chi connectivity index (χ1) is 12.8. The number of fused-ring (bicyclic) bond motifs is 2. The van der Waals surface area contributed by atoms with Gasteiger partial charge >= 0.3 is 0 Å². The molecule has 0 radical (unpaired) electrons. The largest absolute Gasteiger partial charge is 0.399 e. The van der Waals surface area contributed by atoms with Gasteiger partial charge in [-0.2, -0.15) is 4.31 Å². The van der Waals surface area contributed by atoms with Crippen molar-refractivity contribution in [2.45, 2.75) is 37.9 Å². The van der Waals surface area contributed by atoms with E-state index in [0.29, 0.717) is 12.1 Å². The van der Waals surface area contributed by atoms with Gasteiger partial charge in [-0.25, -0.2) is 8.42 Å². The third-order valence-corrected chi connectivity index (χ3v) is 6.73. The Morgan fingerprint density at radius 3 is 2.63 bits per heavy atom. The number of rotatable bonds is 3. The minimum atomic E-state index is -3.51. The predicted octanol–water partition coefficient (Wildman–Crippen LogP) is 1.76. The van der Waals surface area contributed by atoms with Crippen LogP contribution in [-0.2, 0) is 34.2 Å². The number of hydrogen-bond acceptors (Lipinski definition) is 4. The molecule has 3 N–H and O–H groups in total. The Bertz CT molecular complexity index is 1000. The average Bonchev–Trinajstić information content (AvgIpc) is 3.01. The van der Waals surface area contributed by atoms with Crippen LogP contribution in [0.3, 0.4) is 0 Å². The van der Waals surface area contributed by atoms with Crippen molar-refractivity contribution in [3.63, 3.8) is 0 Å². The summed E-state index contributed by atoms with van der Waals surface area (Å²) in [4.78, 5) is 13.1. The molecular formula is C20H23N3O3S. The van der Waals surface area contributed by atoms with Crippen molar-refractivity contribution in [2.75, 3.05) is 12.0 Å². The molecule has 1 amide bonds. The van der Waals surface area contributed by atoms with Gasteiger partial charge in [0.15, 0.2) is 0 Å². The molecule has 2 aromatic carbocycles. The van der Waals surface area contributed by atoms with Crippen LogP contribution < -0.4 is 11.1 Å². The lowest BCUT2D eigenvalue weighted by atomic mass is 9.95. The van der Waals surface area contributed by atoms with Crippen molar-refractivity contribution in [2.24, 2.45) is 0 Å². The summed E-state index contributed by atoms with van der Waals surface area (Å²) in [6.07, 6.45) is 3.20. The highest BCUT2D eigenvalue weighted by Crippen LogP contribution is 2.33. The summed E-state index contributed by atoms with van der Waals surface area (Å²) in [7, 11) is -3.51. The van der Waals surface area contributed by atoms with Gasteiger partial charge in [-0.05, 0) is 53.6 Å². The second-order valence-corrected chi connectivity index (χ2v) is 9.29. The number of amides is 1. The first kappa shape index (κ1) is 18.0. The Hall–Kier alpha value is -2.38. The minimum Gasteiger partial charge on any atom is -0.399 e. The molecule has 142 valence electrons. The number of sulfonamides is 1. The lowest BCUT2D eigenvalue weighted by molar-refractivity contribution is -0.126. The van der Waals surface area contributed by atoms with Crippen molar-refractivity contribution >= 4 is 21.6 Å². The van der Waals surface area contributed by atoms with Gasteiger partial charge in [-0.1, -0.05) is 30.3 Å². The molecule has 7 heteroatoms. The van der Waals surface area contributed by atoms with Gasteiger partial charge in [-0.3, -0.25) is 4.79 Å². The van der Waals surface area contributed by atoms with Gasteiger partial charge in [-0.15, -0.1) is 0 Å². The van der Waals surface area contributed by atoms with Gasteiger partial charge < -0.3 is 11.1 Å². The second kappa shape index (κ2) is 6.65. The van der Waals surface area contributed by atoms with Crippen LogP contribution >= 0.6 is 0 Å². The number of anilines is 1. The highest BCUT2D eigenvalue weighted by Gasteiger charge is 2.38. The predicted molar refractivity (Wildman–Crippen MR) is 104 cm³/mol. The number of nitrogen functional groups attached to an aromatic ring is 1. The van der Waals surface area contributed by atoms with Crippen LogP contribution in [0.1, 0.15) is 34.7 Å². The van der Waals surface area contributed by atoms with E-state index in [-0.39, 0.29) is 18.5 Å². The molecule has 0 aromatic heterocycles. The molecule has 0 saturated heterocycles. The fraction of sp³-hybridized carbons (Fsp3) is 0.350. The molecule has 1 aliphatic carbocycles. The molecule has 2 unspecified atom stereocenters. The van der Waals surface area contributed by atoms with E-state index in [9.17, 15) is 13.2 Å². The molecule has 1 aliphatic heterocycles. The fourth-order valence-corrected chi connectivity index (χ4v) is 5.13. The number of nitrogens with zero attached hydrogens (tertiary/aromatic N) is 1. The molecule has 4 rings (SSSR count). The summed E-state index contributed by atoms with van der Waals surface area (Å²) in [6.45, 7) is 0.227. The van der Waals surface area contributed by atoms with E-state index in [4.69, 9.17) is 5.73 Å². The van der Waals surface area contributed by atoms with Crippen LogP contribution in [0.2, 0.25) is 0 Å². The lowest BCUT2D eigenvalue weighted by Crippen LogP contribution is -2.52. The van der Waals surface area contributed by atoms with Gasteiger partial charge in [0, 0.05) is 12.2 Å². The average molecular weight is 385 g/mol. The SMILES string of the molecule is CS(=O)(=O)N1Cc2ccccc2CC1C(=O)NC1CCc2cc(N)ccc21. The Kier molecular flexibility index (Phi) is 4.44. The number of benzene rings is 2. The lowest BCUT2D eigenvalue weighted by Gasteiger charge is -2.34. The van der Waals surface area contributed by atoms with Crippen LogP contribution in [-0.4, -0.2) is 30.9 Å². The third-order valence-electron chi connectivity index (χ3n) is 5.50. The highest BCUT2D eigenvalue weighted by atomic mass is 32.2. The minimum absolute atomic E-state index is 0.105. The quantitative estimate of drug-likeness (QED) is 0.788. The van der Waals surface area contributed by atoms with Gasteiger partial charge in [0.2, 0.25) is 15.9 Å². The summed E-state index contributed by atoms with van der Waals surface area (Å²) in [5, 5.41) is 3.07. The smallest absolute Gasteiger partial charge is 0.239 e. The van der Waals surface area contributed by atoms with E-state index in [1.807, 2.05) is 42.5 Å². The molecular weight excluding hydrogens is 362 g/mol. The van der Waals surface area contributed by atoms with Crippen LogP contribution in [0.15, 0.2) is 42.5 Å². The monoisotopic (exact) mass is 385 g/mol. The Morgan fingerprint density at radius 1 is 1.15 bits per heavy atom. The number of nitrogens with one attached hydrogen (secondary N) is 1. The van der Waals surface area contributed by atoms with Gasteiger partial charge in [0.05, 0.1) is 12.3 Å². The van der Waals surface area contributed by atoms with E-state index in [1.165, 1.54) is 4.31 Å². The van der Waals surface area contributed by atoms with Crippen molar-refractivity contribution in [1.82, 2.24) is 9.62 Å². The van der Waals surface area contributed by atoms with E-state index >= 15 is 0 Å². The molecule has 6 nitrogen and oxygen atoms in total. The van der Waals surface area contributed by atoms with Crippen molar-refractivity contribution in [1.29, 1.82) is 0 Å². The number of carbonyl (C=O) groups excluding carboxylic acids is 1. The molecule has 0 bridgehead atoms. The van der Waals surface area contributed by atoms with E-state index in [0.717, 1.165) is 41.4 Å². The third kappa shape index (κ3) is 3.44. The molecule has 2 aromatic rings. The Labute approximate surface area is 159 Å². The number of hydrogen-bond donors (Lipinski definition) is 2. The number of aryl methyl sites for hydroxylation is 1. The molecule has 2 aliphatic rings. The van der Waals surface area contributed by atoms with Crippen LogP contribution in [0.4, 0.5) is 5.69 Å². The highest BCUT2D eigenvalue weighted by molar-refractivity contribution is 7.88. The summed E-state index contributed by atoms with van der Waals surface area (Å²) in [5.74, 6) is -0.246. The number of carbonyl (C=O) groups is 1. The summed E-state index contributed by atoms with van der Waals surface area (Å²) in [6, 6.07) is 12.6. The number of nitrogens with two attached hydrogens (primary N) is 1. The molecule has 0 fully saturated rings.